The number of phenolic OH excluding ortho intramolecular Hbond substituents is 1. The normalized spacial score (nSPS) is 35.3. The molecule has 4 atom stereocenters. The standard InChI is InChI=1S/C18H22N4O2S.ClH/c1-22-7-6-18-10-3-4-11(20-21-17(19)25)16(18)24-15-13(23)5-2-9(14(15)18)8-12(10)22;/h2,5,10,12,16,23H,3-4,6-8H2,1H3,(H3,19,21,25);1H/t10-,12+,16-,18-;/m0./s1. The smallest absolute Gasteiger partial charge is 0.184 e. The van der Waals surface area contributed by atoms with Gasteiger partial charge in [-0.1, -0.05) is 6.07 Å². The number of nitrogens with one attached hydrogen (secondary N) is 1. The zero-order valence-electron chi connectivity index (χ0n) is 14.6. The van der Waals surface area contributed by atoms with Crippen molar-refractivity contribution >= 4 is 35.4 Å². The monoisotopic (exact) mass is 394 g/mol. The van der Waals surface area contributed by atoms with E-state index in [1.807, 2.05) is 0 Å². The lowest BCUT2D eigenvalue weighted by atomic mass is 9.51. The Bertz CT molecular complexity index is 817. The van der Waals surface area contributed by atoms with Gasteiger partial charge in [0.25, 0.3) is 0 Å². The van der Waals surface area contributed by atoms with Crippen LogP contribution >= 0.6 is 24.6 Å². The first-order valence-electron chi connectivity index (χ1n) is 8.86. The van der Waals surface area contributed by atoms with Crippen LogP contribution in [-0.4, -0.2) is 46.6 Å². The Hall–Kier alpha value is -1.57. The number of thiocarbonyl (C=S) groups is 1. The summed E-state index contributed by atoms with van der Waals surface area (Å²) in [6.45, 7) is 1.03. The molecule has 2 bridgehead atoms. The Kier molecular flexibility index (Phi) is 4.09. The van der Waals surface area contributed by atoms with Crippen LogP contribution in [0.1, 0.15) is 30.4 Å². The molecule has 1 spiro atoms. The summed E-state index contributed by atoms with van der Waals surface area (Å²) in [6.07, 6.45) is 3.83. The topological polar surface area (TPSA) is 83.1 Å². The van der Waals surface area contributed by atoms with Crippen molar-refractivity contribution in [2.24, 2.45) is 16.8 Å². The maximum absolute atomic E-state index is 10.4. The van der Waals surface area contributed by atoms with Crippen LogP contribution in [0.2, 0.25) is 0 Å². The third-order valence-corrected chi connectivity index (χ3v) is 6.81. The van der Waals surface area contributed by atoms with Gasteiger partial charge in [-0.25, -0.2) is 0 Å². The number of hydrazone groups is 1. The van der Waals surface area contributed by atoms with Gasteiger partial charge in [0.2, 0.25) is 0 Å². The van der Waals surface area contributed by atoms with E-state index in [9.17, 15) is 5.11 Å². The second-order valence-electron chi connectivity index (χ2n) is 7.71. The van der Waals surface area contributed by atoms with Crippen molar-refractivity contribution in [1.29, 1.82) is 0 Å². The number of aromatic hydroxyl groups is 1. The van der Waals surface area contributed by atoms with Gasteiger partial charge >= 0.3 is 0 Å². The second kappa shape index (κ2) is 5.97. The molecule has 1 saturated heterocycles. The molecule has 5 rings (SSSR count). The minimum atomic E-state index is -0.147. The third kappa shape index (κ3) is 2.14. The van der Waals surface area contributed by atoms with Gasteiger partial charge in [-0.05, 0) is 69.0 Å². The van der Waals surface area contributed by atoms with E-state index in [0.29, 0.717) is 17.7 Å². The molecular formula is C18H23ClN4O2S. The Morgan fingerprint density at radius 3 is 3.08 bits per heavy atom. The lowest BCUT2D eigenvalue weighted by molar-refractivity contribution is -0.00702. The van der Waals surface area contributed by atoms with E-state index in [0.717, 1.165) is 37.9 Å². The number of nitrogens with zero attached hydrogens (tertiary/aromatic N) is 2. The SMILES string of the molecule is CN1CC[C@]23c4c5ccc(O)c4O[C@H]2C(=NNC(N)=S)CC[C@H]3[C@H]1C5.Cl. The molecule has 1 saturated carbocycles. The molecule has 2 aliphatic carbocycles. The summed E-state index contributed by atoms with van der Waals surface area (Å²) in [5.41, 5.74) is 11.7. The number of likely N-dealkylation sites (tertiary alicyclic amines) is 1. The van der Waals surface area contributed by atoms with E-state index < -0.39 is 0 Å². The molecular weight excluding hydrogens is 372 g/mol. The molecule has 0 radical (unpaired) electrons. The van der Waals surface area contributed by atoms with Crippen molar-refractivity contribution < 1.29 is 9.84 Å². The number of piperidine rings is 1. The van der Waals surface area contributed by atoms with Gasteiger partial charge in [0, 0.05) is 17.0 Å². The van der Waals surface area contributed by atoms with Crippen LogP contribution in [0.5, 0.6) is 11.5 Å². The number of nitrogens with two attached hydrogens (primary N) is 1. The van der Waals surface area contributed by atoms with E-state index in [-0.39, 0.29) is 34.8 Å². The Morgan fingerprint density at radius 2 is 2.31 bits per heavy atom. The maximum atomic E-state index is 10.4. The van der Waals surface area contributed by atoms with Crippen LogP contribution in [0, 0.1) is 5.92 Å². The van der Waals surface area contributed by atoms with Crippen LogP contribution in [0.3, 0.4) is 0 Å². The van der Waals surface area contributed by atoms with Gasteiger partial charge in [-0.15, -0.1) is 12.4 Å². The Labute approximate surface area is 164 Å². The molecule has 2 heterocycles. The summed E-state index contributed by atoms with van der Waals surface area (Å²) in [6, 6.07) is 4.36. The molecule has 1 aromatic carbocycles. The molecule has 26 heavy (non-hydrogen) atoms. The molecule has 8 heteroatoms. The predicted octanol–water partition coefficient (Wildman–Crippen LogP) is 1.67. The Morgan fingerprint density at radius 1 is 1.50 bits per heavy atom. The van der Waals surface area contributed by atoms with Gasteiger partial charge in [0.1, 0.15) is 6.10 Å². The van der Waals surface area contributed by atoms with Crippen molar-refractivity contribution in [1.82, 2.24) is 10.3 Å². The molecule has 1 aromatic rings. The first kappa shape index (κ1) is 17.8. The highest BCUT2D eigenvalue weighted by molar-refractivity contribution is 7.80. The summed E-state index contributed by atoms with van der Waals surface area (Å²) < 4.78 is 6.37. The fourth-order valence-electron chi connectivity index (χ4n) is 5.78. The van der Waals surface area contributed by atoms with Crippen molar-refractivity contribution in [3.63, 3.8) is 0 Å². The van der Waals surface area contributed by atoms with E-state index in [1.54, 1.807) is 6.07 Å². The molecule has 2 fully saturated rings. The van der Waals surface area contributed by atoms with E-state index in [1.165, 1.54) is 11.1 Å². The number of phenols is 1. The van der Waals surface area contributed by atoms with Crippen molar-refractivity contribution in [2.45, 2.75) is 43.2 Å². The summed E-state index contributed by atoms with van der Waals surface area (Å²) in [5, 5.41) is 15.1. The molecule has 0 unspecified atom stereocenters. The summed E-state index contributed by atoms with van der Waals surface area (Å²) in [7, 11) is 2.23. The summed E-state index contributed by atoms with van der Waals surface area (Å²) >= 11 is 4.90. The van der Waals surface area contributed by atoms with Crippen molar-refractivity contribution in [3.05, 3.63) is 23.3 Å². The fourth-order valence-corrected chi connectivity index (χ4v) is 5.83. The summed E-state index contributed by atoms with van der Waals surface area (Å²) in [4.78, 5) is 2.50. The van der Waals surface area contributed by atoms with Gasteiger partial charge in [-0.3, -0.25) is 5.43 Å². The molecule has 4 aliphatic rings. The number of hydrogen-bond donors (Lipinski definition) is 3. The van der Waals surface area contributed by atoms with E-state index in [2.05, 4.69) is 28.5 Å². The van der Waals surface area contributed by atoms with E-state index >= 15 is 0 Å². The number of likely N-dealkylation sites (N-methyl/N-ethyl adjacent to an activating group) is 1. The molecule has 0 aromatic heterocycles. The molecule has 4 N–H and O–H groups in total. The minimum Gasteiger partial charge on any atom is -0.504 e. The average Bonchev–Trinajstić information content (AvgIpc) is 2.94. The highest BCUT2D eigenvalue weighted by Gasteiger charge is 2.64. The zero-order chi connectivity index (χ0) is 17.3. The number of ether oxygens (including phenoxy) is 1. The number of rotatable bonds is 1. The van der Waals surface area contributed by atoms with Crippen molar-refractivity contribution in [2.75, 3.05) is 13.6 Å². The van der Waals surface area contributed by atoms with Crippen LogP contribution in [0.15, 0.2) is 17.2 Å². The highest BCUT2D eigenvalue weighted by atomic mass is 35.5. The lowest BCUT2D eigenvalue weighted by Gasteiger charge is -2.57. The molecule has 140 valence electrons. The Balaban J connectivity index is 0.00000168. The first-order chi connectivity index (χ1) is 12.0. The van der Waals surface area contributed by atoms with Crippen molar-refractivity contribution in [3.8, 4) is 11.5 Å². The van der Waals surface area contributed by atoms with Crippen LogP contribution < -0.4 is 15.9 Å². The maximum Gasteiger partial charge on any atom is 0.184 e. The number of halogens is 1. The van der Waals surface area contributed by atoms with Gasteiger partial charge in [-0.2, -0.15) is 5.10 Å². The lowest BCUT2D eigenvalue weighted by Crippen LogP contribution is -2.65. The van der Waals surface area contributed by atoms with E-state index in [4.69, 9.17) is 22.7 Å². The van der Waals surface area contributed by atoms with Gasteiger partial charge in [0.15, 0.2) is 16.6 Å². The summed E-state index contributed by atoms with van der Waals surface area (Å²) in [5.74, 6) is 1.43. The molecule has 0 amide bonds. The third-order valence-electron chi connectivity index (χ3n) is 6.72. The quantitative estimate of drug-likeness (QED) is 0.496. The van der Waals surface area contributed by atoms with Crippen LogP contribution in [0.25, 0.3) is 0 Å². The number of hydrogen-bond acceptors (Lipinski definition) is 5. The fraction of sp³-hybridized carbons (Fsp3) is 0.556. The van der Waals surface area contributed by atoms with Crippen LogP contribution in [-0.2, 0) is 11.8 Å². The molecule has 2 aliphatic heterocycles. The predicted molar refractivity (Wildman–Crippen MR) is 106 cm³/mol. The van der Waals surface area contributed by atoms with Crippen LogP contribution in [0.4, 0.5) is 0 Å². The zero-order valence-corrected chi connectivity index (χ0v) is 16.2. The molecule has 6 nitrogen and oxygen atoms in total. The van der Waals surface area contributed by atoms with Gasteiger partial charge < -0.3 is 20.5 Å². The highest BCUT2D eigenvalue weighted by Crippen LogP contribution is 2.63. The van der Waals surface area contributed by atoms with Gasteiger partial charge in [0.05, 0.1) is 5.71 Å². The second-order valence-corrected chi connectivity index (χ2v) is 8.15. The average molecular weight is 395 g/mol. The minimum absolute atomic E-state index is 0. The number of benzene rings is 1. The largest absolute Gasteiger partial charge is 0.504 e. The first-order valence-corrected chi connectivity index (χ1v) is 9.27.